The van der Waals surface area contributed by atoms with Crippen LogP contribution in [0.5, 0.6) is 0 Å². The van der Waals surface area contributed by atoms with E-state index in [2.05, 4.69) is 5.32 Å². The molecule has 0 radical (unpaired) electrons. The summed E-state index contributed by atoms with van der Waals surface area (Å²) in [6.45, 7) is 0.768. The molecule has 0 fully saturated rings. The largest absolute Gasteiger partial charge is 0.398 e. The number of allylic oxidation sites excluding steroid dienone is 1. The average molecular weight is 207 g/mol. The zero-order chi connectivity index (χ0) is 9.97. The summed E-state index contributed by atoms with van der Waals surface area (Å²) in [7, 11) is 0. The Morgan fingerprint density at radius 3 is 2.57 bits per heavy atom. The standard InChI is InChI=1S/C11H11ClN2/c12-9-3-1-8(2-4-9)10-7-14-6-5-11(10)13/h1-6,14H,7,13H2. The smallest absolute Gasteiger partial charge is 0.0421 e. The minimum absolute atomic E-state index is 0.743. The van der Waals surface area contributed by atoms with Crippen LogP contribution in [0.15, 0.2) is 42.2 Å². The van der Waals surface area contributed by atoms with Crippen LogP contribution in [0.4, 0.5) is 0 Å². The second-order valence-corrected chi connectivity index (χ2v) is 3.59. The van der Waals surface area contributed by atoms with Crippen LogP contribution in [0.2, 0.25) is 5.02 Å². The number of halogens is 1. The van der Waals surface area contributed by atoms with E-state index in [0.29, 0.717) is 0 Å². The second-order valence-electron chi connectivity index (χ2n) is 3.16. The maximum absolute atomic E-state index is 5.87. The molecular formula is C11H11ClN2. The van der Waals surface area contributed by atoms with E-state index < -0.39 is 0 Å². The van der Waals surface area contributed by atoms with Gasteiger partial charge in [-0.05, 0) is 30.0 Å². The molecule has 0 aromatic heterocycles. The van der Waals surface area contributed by atoms with E-state index >= 15 is 0 Å². The molecule has 1 aliphatic heterocycles. The number of nitrogens with two attached hydrogens (primary N) is 1. The van der Waals surface area contributed by atoms with Gasteiger partial charge in [-0.3, -0.25) is 0 Å². The van der Waals surface area contributed by atoms with Crippen molar-refractivity contribution in [2.45, 2.75) is 0 Å². The van der Waals surface area contributed by atoms with Gasteiger partial charge in [-0.15, -0.1) is 0 Å². The zero-order valence-electron chi connectivity index (χ0n) is 7.63. The summed E-state index contributed by atoms with van der Waals surface area (Å²) in [6.07, 6.45) is 3.72. The lowest BCUT2D eigenvalue weighted by atomic mass is 10.0. The number of hydrogen-bond donors (Lipinski definition) is 2. The lowest BCUT2D eigenvalue weighted by Crippen LogP contribution is -2.17. The van der Waals surface area contributed by atoms with Gasteiger partial charge in [0.15, 0.2) is 0 Å². The molecule has 0 spiro atoms. The van der Waals surface area contributed by atoms with E-state index in [0.717, 1.165) is 28.4 Å². The second kappa shape index (κ2) is 3.76. The number of hydrogen-bond acceptors (Lipinski definition) is 2. The van der Waals surface area contributed by atoms with Gasteiger partial charge in [-0.1, -0.05) is 23.7 Å². The van der Waals surface area contributed by atoms with Gasteiger partial charge in [0.2, 0.25) is 0 Å². The maximum atomic E-state index is 5.87. The Labute approximate surface area is 88.1 Å². The maximum Gasteiger partial charge on any atom is 0.0421 e. The molecule has 1 aromatic rings. The van der Waals surface area contributed by atoms with Gasteiger partial charge in [0.1, 0.15) is 0 Å². The molecule has 0 aliphatic carbocycles. The van der Waals surface area contributed by atoms with Crippen LogP contribution in [0.1, 0.15) is 5.56 Å². The lowest BCUT2D eigenvalue weighted by molar-refractivity contribution is 0.970. The fraction of sp³-hybridized carbons (Fsp3) is 0.0909. The Morgan fingerprint density at radius 1 is 1.21 bits per heavy atom. The molecule has 2 rings (SSSR count). The summed E-state index contributed by atoms with van der Waals surface area (Å²) in [6, 6.07) is 7.70. The highest BCUT2D eigenvalue weighted by atomic mass is 35.5. The summed E-state index contributed by atoms with van der Waals surface area (Å²) in [5.74, 6) is 0. The molecule has 14 heavy (non-hydrogen) atoms. The molecule has 3 N–H and O–H groups in total. The number of nitrogens with one attached hydrogen (secondary N) is 1. The minimum Gasteiger partial charge on any atom is -0.398 e. The van der Waals surface area contributed by atoms with Crippen molar-refractivity contribution in [3.8, 4) is 0 Å². The van der Waals surface area contributed by atoms with Crippen molar-refractivity contribution in [3.05, 3.63) is 52.8 Å². The Kier molecular flexibility index (Phi) is 2.46. The van der Waals surface area contributed by atoms with Gasteiger partial charge in [-0.2, -0.15) is 0 Å². The molecule has 0 bridgehead atoms. The van der Waals surface area contributed by atoms with Crippen molar-refractivity contribution in [2.24, 2.45) is 5.73 Å². The predicted molar refractivity (Wildman–Crippen MR) is 59.7 cm³/mol. The zero-order valence-corrected chi connectivity index (χ0v) is 8.38. The molecule has 1 aliphatic rings. The minimum atomic E-state index is 0.743. The van der Waals surface area contributed by atoms with Crippen LogP contribution in [-0.4, -0.2) is 6.54 Å². The Morgan fingerprint density at radius 2 is 1.93 bits per heavy atom. The molecular weight excluding hydrogens is 196 g/mol. The summed E-state index contributed by atoms with van der Waals surface area (Å²) in [4.78, 5) is 0. The van der Waals surface area contributed by atoms with Crippen LogP contribution in [0.25, 0.3) is 5.57 Å². The van der Waals surface area contributed by atoms with Gasteiger partial charge < -0.3 is 11.1 Å². The van der Waals surface area contributed by atoms with Crippen molar-refractivity contribution in [1.82, 2.24) is 5.32 Å². The molecule has 0 atom stereocenters. The van der Waals surface area contributed by atoms with Crippen LogP contribution < -0.4 is 11.1 Å². The predicted octanol–water partition coefficient (Wildman–Crippen LogP) is 2.13. The van der Waals surface area contributed by atoms with Gasteiger partial charge in [0, 0.05) is 22.8 Å². The Bertz CT molecular complexity index is 390. The highest BCUT2D eigenvalue weighted by molar-refractivity contribution is 6.30. The van der Waals surface area contributed by atoms with Crippen molar-refractivity contribution in [3.63, 3.8) is 0 Å². The summed E-state index contributed by atoms with van der Waals surface area (Å²) < 4.78 is 0. The van der Waals surface area contributed by atoms with E-state index in [1.165, 1.54) is 0 Å². The van der Waals surface area contributed by atoms with Gasteiger partial charge >= 0.3 is 0 Å². The molecule has 0 unspecified atom stereocenters. The lowest BCUT2D eigenvalue weighted by Gasteiger charge is -2.14. The van der Waals surface area contributed by atoms with Crippen molar-refractivity contribution in [2.75, 3.05) is 6.54 Å². The number of benzene rings is 1. The third kappa shape index (κ3) is 1.75. The van der Waals surface area contributed by atoms with Crippen LogP contribution >= 0.6 is 11.6 Å². The molecule has 72 valence electrons. The molecule has 3 heteroatoms. The SMILES string of the molecule is NC1=C(c2ccc(Cl)cc2)CNC=C1. The molecule has 0 saturated carbocycles. The third-order valence-electron chi connectivity index (χ3n) is 2.20. The van der Waals surface area contributed by atoms with Gasteiger partial charge in [0.25, 0.3) is 0 Å². The summed E-state index contributed by atoms with van der Waals surface area (Å²) >= 11 is 5.81. The summed E-state index contributed by atoms with van der Waals surface area (Å²) in [5, 5.41) is 3.87. The fourth-order valence-corrected chi connectivity index (χ4v) is 1.56. The fourth-order valence-electron chi connectivity index (χ4n) is 1.43. The topological polar surface area (TPSA) is 38.0 Å². The van der Waals surface area contributed by atoms with Crippen molar-refractivity contribution < 1.29 is 0 Å². The monoisotopic (exact) mass is 206 g/mol. The first-order valence-corrected chi connectivity index (χ1v) is 4.79. The van der Waals surface area contributed by atoms with E-state index in [-0.39, 0.29) is 0 Å². The highest BCUT2D eigenvalue weighted by Gasteiger charge is 2.07. The Hall–Kier alpha value is -1.41. The Balaban J connectivity index is 2.39. The van der Waals surface area contributed by atoms with E-state index in [4.69, 9.17) is 17.3 Å². The average Bonchev–Trinajstić information content (AvgIpc) is 2.20. The first kappa shape index (κ1) is 9.16. The van der Waals surface area contributed by atoms with E-state index in [1.54, 1.807) is 0 Å². The molecule has 0 amide bonds. The summed E-state index contributed by atoms with van der Waals surface area (Å²) in [5.41, 5.74) is 8.91. The van der Waals surface area contributed by atoms with E-state index in [1.807, 2.05) is 36.5 Å². The first-order chi connectivity index (χ1) is 6.77. The molecule has 1 heterocycles. The first-order valence-electron chi connectivity index (χ1n) is 4.42. The highest BCUT2D eigenvalue weighted by Crippen LogP contribution is 2.20. The van der Waals surface area contributed by atoms with Crippen LogP contribution in [-0.2, 0) is 0 Å². The molecule has 2 nitrogen and oxygen atoms in total. The number of dihydropyridines is 1. The van der Waals surface area contributed by atoms with Crippen molar-refractivity contribution >= 4 is 17.2 Å². The molecule has 1 aromatic carbocycles. The van der Waals surface area contributed by atoms with E-state index in [9.17, 15) is 0 Å². The number of rotatable bonds is 1. The van der Waals surface area contributed by atoms with Crippen LogP contribution in [0.3, 0.4) is 0 Å². The van der Waals surface area contributed by atoms with Gasteiger partial charge in [0.05, 0.1) is 0 Å². The quantitative estimate of drug-likeness (QED) is 0.739. The third-order valence-corrected chi connectivity index (χ3v) is 2.45. The van der Waals surface area contributed by atoms with Gasteiger partial charge in [-0.25, -0.2) is 0 Å². The molecule has 0 saturated heterocycles. The normalized spacial score (nSPS) is 15.5. The van der Waals surface area contributed by atoms with Crippen molar-refractivity contribution in [1.29, 1.82) is 0 Å². The van der Waals surface area contributed by atoms with Crippen LogP contribution in [0, 0.1) is 0 Å².